The summed E-state index contributed by atoms with van der Waals surface area (Å²) < 4.78 is 15.6. The number of benzene rings is 1. The zero-order valence-corrected chi connectivity index (χ0v) is 12.1. The second-order valence-corrected chi connectivity index (χ2v) is 4.86. The summed E-state index contributed by atoms with van der Waals surface area (Å²) in [5, 5.41) is 3.82. The van der Waals surface area contributed by atoms with Crippen LogP contribution in [0.1, 0.15) is 12.0 Å². The van der Waals surface area contributed by atoms with Gasteiger partial charge in [-0.2, -0.15) is 0 Å². The van der Waals surface area contributed by atoms with Gasteiger partial charge >= 0.3 is 5.97 Å². The second kappa shape index (κ2) is 7.47. The molecule has 0 amide bonds. The van der Waals surface area contributed by atoms with E-state index < -0.39 is 6.10 Å². The smallest absolute Gasteiger partial charge is 0.347 e. The summed E-state index contributed by atoms with van der Waals surface area (Å²) in [5.41, 5.74) is 0.838. The molecule has 0 radical (unpaired) electrons. The molecule has 1 aliphatic rings. The standard InChI is InChI=1S/C14H18ClNO4/c1-18-8-6-16-9-10-11(15)3-2-4-12(10)20-13-5-7-19-14(13)17/h2-4,13,16H,5-9H2,1H3. The zero-order valence-electron chi connectivity index (χ0n) is 11.4. The van der Waals surface area contributed by atoms with Crippen molar-refractivity contribution in [3.8, 4) is 5.75 Å². The van der Waals surface area contributed by atoms with Crippen molar-refractivity contribution in [2.45, 2.75) is 19.1 Å². The van der Waals surface area contributed by atoms with Gasteiger partial charge in [-0.3, -0.25) is 0 Å². The molecule has 110 valence electrons. The van der Waals surface area contributed by atoms with Gasteiger partial charge in [0.2, 0.25) is 0 Å². The molecule has 1 saturated heterocycles. The van der Waals surface area contributed by atoms with Crippen LogP contribution in [-0.2, 0) is 20.8 Å². The highest BCUT2D eigenvalue weighted by Crippen LogP contribution is 2.28. The molecule has 0 aromatic heterocycles. The molecule has 1 N–H and O–H groups in total. The maximum Gasteiger partial charge on any atom is 0.347 e. The molecule has 0 saturated carbocycles. The van der Waals surface area contributed by atoms with Crippen molar-refractivity contribution in [1.82, 2.24) is 5.32 Å². The molecule has 2 rings (SSSR count). The number of hydrogen-bond acceptors (Lipinski definition) is 5. The highest BCUT2D eigenvalue weighted by Gasteiger charge is 2.29. The molecule has 0 spiro atoms. The molecule has 0 aliphatic carbocycles. The number of halogens is 1. The molecule has 0 bridgehead atoms. The van der Waals surface area contributed by atoms with Gasteiger partial charge in [0.1, 0.15) is 5.75 Å². The highest BCUT2D eigenvalue weighted by molar-refractivity contribution is 6.31. The van der Waals surface area contributed by atoms with Crippen molar-refractivity contribution in [2.75, 3.05) is 26.9 Å². The summed E-state index contributed by atoms with van der Waals surface area (Å²) in [4.78, 5) is 11.5. The third kappa shape index (κ3) is 3.85. The summed E-state index contributed by atoms with van der Waals surface area (Å²) in [5.74, 6) is 0.300. The zero-order chi connectivity index (χ0) is 14.4. The maximum absolute atomic E-state index is 11.5. The van der Waals surface area contributed by atoms with E-state index in [9.17, 15) is 4.79 Å². The van der Waals surface area contributed by atoms with Crippen LogP contribution in [0.5, 0.6) is 5.75 Å². The lowest BCUT2D eigenvalue weighted by Gasteiger charge is -2.16. The van der Waals surface area contributed by atoms with Crippen LogP contribution in [0.2, 0.25) is 5.02 Å². The molecular weight excluding hydrogens is 282 g/mol. The van der Waals surface area contributed by atoms with E-state index in [1.807, 2.05) is 6.07 Å². The minimum atomic E-state index is -0.536. The van der Waals surface area contributed by atoms with Crippen LogP contribution < -0.4 is 10.1 Å². The van der Waals surface area contributed by atoms with Crippen molar-refractivity contribution in [3.63, 3.8) is 0 Å². The normalized spacial score (nSPS) is 18.1. The maximum atomic E-state index is 11.5. The number of nitrogens with one attached hydrogen (secondary N) is 1. The molecular formula is C14H18ClNO4. The number of esters is 1. The van der Waals surface area contributed by atoms with E-state index in [-0.39, 0.29) is 5.97 Å². The van der Waals surface area contributed by atoms with Gasteiger partial charge in [0.25, 0.3) is 0 Å². The van der Waals surface area contributed by atoms with Crippen molar-refractivity contribution in [3.05, 3.63) is 28.8 Å². The Labute approximate surface area is 123 Å². The third-order valence-corrected chi connectivity index (χ3v) is 3.37. The lowest BCUT2D eigenvalue weighted by molar-refractivity contribution is -0.143. The molecule has 1 aliphatic heterocycles. The van der Waals surface area contributed by atoms with Crippen molar-refractivity contribution >= 4 is 17.6 Å². The van der Waals surface area contributed by atoms with Crippen molar-refractivity contribution in [1.29, 1.82) is 0 Å². The Bertz CT molecular complexity index is 466. The summed E-state index contributed by atoms with van der Waals surface area (Å²) in [7, 11) is 1.65. The van der Waals surface area contributed by atoms with E-state index in [1.54, 1.807) is 19.2 Å². The van der Waals surface area contributed by atoms with E-state index in [0.29, 0.717) is 43.5 Å². The number of rotatable bonds is 7. The fourth-order valence-electron chi connectivity index (χ4n) is 1.95. The van der Waals surface area contributed by atoms with Gasteiger partial charge in [0.05, 0.1) is 13.2 Å². The van der Waals surface area contributed by atoms with Crippen molar-refractivity contribution in [2.24, 2.45) is 0 Å². The largest absolute Gasteiger partial charge is 0.478 e. The molecule has 1 atom stereocenters. The molecule has 20 heavy (non-hydrogen) atoms. The lowest BCUT2D eigenvalue weighted by Crippen LogP contribution is -2.24. The summed E-state index contributed by atoms with van der Waals surface area (Å²) >= 11 is 6.20. The Morgan fingerprint density at radius 1 is 1.50 bits per heavy atom. The van der Waals surface area contributed by atoms with Crippen LogP contribution >= 0.6 is 11.6 Å². The Balaban J connectivity index is 2.03. The summed E-state index contributed by atoms with van der Waals surface area (Å²) in [6.45, 7) is 2.30. The van der Waals surface area contributed by atoms with Gasteiger partial charge in [-0.05, 0) is 12.1 Å². The summed E-state index contributed by atoms with van der Waals surface area (Å²) in [6, 6.07) is 5.41. The summed E-state index contributed by atoms with van der Waals surface area (Å²) in [6.07, 6.45) is 0.0354. The van der Waals surface area contributed by atoms with Crippen LogP contribution in [0.15, 0.2) is 18.2 Å². The Morgan fingerprint density at radius 2 is 2.35 bits per heavy atom. The number of carbonyl (C=O) groups is 1. The van der Waals surface area contributed by atoms with Gasteiger partial charge in [-0.25, -0.2) is 4.79 Å². The lowest BCUT2D eigenvalue weighted by atomic mass is 10.2. The minimum absolute atomic E-state index is 0.316. The predicted octanol–water partition coefficient (Wildman–Crippen LogP) is 1.77. The van der Waals surface area contributed by atoms with Crippen molar-refractivity contribution < 1.29 is 19.0 Å². The van der Waals surface area contributed by atoms with Gasteiger partial charge in [-0.1, -0.05) is 17.7 Å². The van der Waals surface area contributed by atoms with Crippen LogP contribution in [-0.4, -0.2) is 38.9 Å². The molecule has 1 aromatic carbocycles. The van der Waals surface area contributed by atoms with E-state index in [2.05, 4.69) is 5.32 Å². The first-order valence-electron chi connectivity index (χ1n) is 6.52. The molecule has 1 aromatic rings. The van der Waals surface area contributed by atoms with Gasteiger partial charge in [-0.15, -0.1) is 0 Å². The number of cyclic esters (lactones) is 1. The second-order valence-electron chi connectivity index (χ2n) is 4.45. The van der Waals surface area contributed by atoms with Gasteiger partial charge in [0, 0.05) is 37.2 Å². The Morgan fingerprint density at radius 3 is 3.05 bits per heavy atom. The average Bonchev–Trinajstić information content (AvgIpc) is 2.83. The van der Waals surface area contributed by atoms with Crippen LogP contribution in [0.4, 0.5) is 0 Å². The fraction of sp³-hybridized carbons (Fsp3) is 0.500. The predicted molar refractivity (Wildman–Crippen MR) is 75.0 cm³/mol. The number of hydrogen-bond donors (Lipinski definition) is 1. The monoisotopic (exact) mass is 299 g/mol. The fourth-order valence-corrected chi connectivity index (χ4v) is 2.18. The molecule has 1 fully saturated rings. The third-order valence-electron chi connectivity index (χ3n) is 3.02. The van der Waals surface area contributed by atoms with E-state index in [4.69, 9.17) is 25.8 Å². The number of carbonyl (C=O) groups excluding carboxylic acids is 1. The quantitative estimate of drug-likeness (QED) is 0.614. The average molecular weight is 300 g/mol. The first-order valence-corrected chi connectivity index (χ1v) is 6.90. The Hall–Kier alpha value is -1.30. The van der Waals surface area contributed by atoms with Gasteiger partial charge < -0.3 is 19.5 Å². The molecule has 1 heterocycles. The molecule has 5 nitrogen and oxygen atoms in total. The highest BCUT2D eigenvalue weighted by atomic mass is 35.5. The number of ether oxygens (including phenoxy) is 3. The number of methoxy groups -OCH3 is 1. The topological polar surface area (TPSA) is 56.8 Å². The Kier molecular flexibility index (Phi) is 5.64. The first kappa shape index (κ1) is 15.1. The first-order chi connectivity index (χ1) is 9.72. The molecule has 6 heteroatoms. The minimum Gasteiger partial charge on any atom is -0.478 e. The van der Waals surface area contributed by atoms with Crippen LogP contribution in [0.3, 0.4) is 0 Å². The molecule has 1 unspecified atom stereocenters. The van der Waals surface area contributed by atoms with E-state index in [1.165, 1.54) is 0 Å². The van der Waals surface area contributed by atoms with Crippen LogP contribution in [0.25, 0.3) is 0 Å². The van der Waals surface area contributed by atoms with E-state index in [0.717, 1.165) is 5.56 Å². The SMILES string of the molecule is COCCNCc1c(Cl)cccc1OC1CCOC1=O. The van der Waals surface area contributed by atoms with Gasteiger partial charge in [0.15, 0.2) is 6.10 Å². The van der Waals surface area contributed by atoms with E-state index >= 15 is 0 Å². The van der Waals surface area contributed by atoms with Crippen LogP contribution in [0, 0.1) is 0 Å².